The Kier molecular flexibility index (Phi) is 4.93. The van der Waals surface area contributed by atoms with E-state index in [1.807, 2.05) is 24.3 Å². The van der Waals surface area contributed by atoms with E-state index < -0.39 is 11.9 Å². The summed E-state index contributed by atoms with van der Waals surface area (Å²) in [4.78, 5) is 21.8. The molecule has 1 amide bonds. The van der Waals surface area contributed by atoms with Crippen molar-refractivity contribution in [1.82, 2.24) is 0 Å². The Morgan fingerprint density at radius 3 is 2.30 bits per heavy atom. The number of aliphatic carboxylic acids is 1. The lowest BCUT2D eigenvalue weighted by molar-refractivity contribution is -0.131. The molecule has 2 N–H and O–H groups in total. The van der Waals surface area contributed by atoms with Gasteiger partial charge in [-0.3, -0.25) is 4.79 Å². The van der Waals surface area contributed by atoms with E-state index in [0.29, 0.717) is 11.6 Å². The van der Waals surface area contributed by atoms with E-state index >= 15 is 0 Å². The second kappa shape index (κ2) is 6.89. The summed E-state index contributed by atoms with van der Waals surface area (Å²) in [5.74, 6) is -0.925. The van der Waals surface area contributed by atoms with Crippen molar-refractivity contribution in [3.8, 4) is 0 Å². The summed E-state index contributed by atoms with van der Waals surface area (Å²) >= 11 is 0. The number of rotatable bonds is 4. The van der Waals surface area contributed by atoms with Crippen molar-refractivity contribution in [2.45, 2.75) is 38.0 Å². The molecular weight excluding hydrogens is 254 g/mol. The highest BCUT2D eigenvalue weighted by Crippen LogP contribution is 2.32. The first kappa shape index (κ1) is 14.3. The molecule has 0 aromatic heterocycles. The molecule has 0 saturated heterocycles. The Morgan fingerprint density at radius 1 is 1.05 bits per heavy atom. The van der Waals surface area contributed by atoms with Crippen LogP contribution in [0, 0.1) is 0 Å². The molecule has 1 aliphatic rings. The van der Waals surface area contributed by atoms with Crippen molar-refractivity contribution < 1.29 is 14.7 Å². The van der Waals surface area contributed by atoms with Crippen molar-refractivity contribution in [3.63, 3.8) is 0 Å². The van der Waals surface area contributed by atoms with Crippen LogP contribution in [0.4, 0.5) is 5.69 Å². The third-order valence-corrected chi connectivity index (χ3v) is 3.63. The van der Waals surface area contributed by atoms with Gasteiger partial charge in [-0.25, -0.2) is 4.79 Å². The van der Waals surface area contributed by atoms with E-state index in [1.165, 1.54) is 37.7 Å². The predicted molar refractivity (Wildman–Crippen MR) is 77.7 cm³/mol. The van der Waals surface area contributed by atoms with Gasteiger partial charge < -0.3 is 10.4 Å². The third kappa shape index (κ3) is 4.23. The smallest absolute Gasteiger partial charge is 0.328 e. The molecule has 0 bridgehead atoms. The number of amides is 1. The topological polar surface area (TPSA) is 66.4 Å². The molecule has 0 heterocycles. The van der Waals surface area contributed by atoms with Gasteiger partial charge in [-0.05, 0) is 36.5 Å². The van der Waals surface area contributed by atoms with Gasteiger partial charge in [-0.1, -0.05) is 31.4 Å². The van der Waals surface area contributed by atoms with Gasteiger partial charge in [-0.15, -0.1) is 0 Å². The Morgan fingerprint density at radius 2 is 1.70 bits per heavy atom. The quantitative estimate of drug-likeness (QED) is 0.827. The Bertz CT molecular complexity index is 499. The molecule has 0 spiro atoms. The molecule has 4 nitrogen and oxygen atoms in total. The summed E-state index contributed by atoms with van der Waals surface area (Å²) in [6.07, 6.45) is 8.25. The van der Waals surface area contributed by atoms with Crippen LogP contribution in [0.3, 0.4) is 0 Å². The van der Waals surface area contributed by atoms with Crippen LogP contribution in [-0.2, 0) is 9.59 Å². The number of nitrogens with one attached hydrogen (secondary N) is 1. The molecule has 20 heavy (non-hydrogen) atoms. The van der Waals surface area contributed by atoms with Gasteiger partial charge in [0.25, 0.3) is 0 Å². The summed E-state index contributed by atoms with van der Waals surface area (Å²) in [5, 5.41) is 11.1. The number of anilines is 1. The van der Waals surface area contributed by atoms with Gasteiger partial charge in [0.15, 0.2) is 0 Å². The second-order valence-electron chi connectivity index (χ2n) is 5.12. The molecular formula is C16H19NO3. The molecule has 0 unspecified atom stereocenters. The Balaban J connectivity index is 1.94. The molecule has 0 aliphatic heterocycles. The lowest BCUT2D eigenvalue weighted by Crippen LogP contribution is -2.09. The zero-order chi connectivity index (χ0) is 14.4. The lowest BCUT2D eigenvalue weighted by atomic mass is 9.84. The maximum atomic E-state index is 11.4. The van der Waals surface area contributed by atoms with E-state index in [-0.39, 0.29) is 0 Å². The molecule has 2 rings (SSSR count). The van der Waals surface area contributed by atoms with Gasteiger partial charge >= 0.3 is 5.97 Å². The molecule has 1 aromatic rings. The third-order valence-electron chi connectivity index (χ3n) is 3.63. The zero-order valence-electron chi connectivity index (χ0n) is 11.3. The van der Waals surface area contributed by atoms with E-state index in [4.69, 9.17) is 5.11 Å². The minimum atomic E-state index is -1.13. The predicted octanol–water partition coefficient (Wildman–Crippen LogP) is 3.31. The van der Waals surface area contributed by atoms with Crippen molar-refractivity contribution in [3.05, 3.63) is 42.0 Å². The average molecular weight is 273 g/mol. The van der Waals surface area contributed by atoms with Gasteiger partial charge in [0.05, 0.1) is 0 Å². The number of carboxylic acids is 1. The fraction of sp³-hybridized carbons (Fsp3) is 0.375. The first-order valence-corrected chi connectivity index (χ1v) is 6.97. The molecule has 1 aromatic carbocycles. The van der Waals surface area contributed by atoms with Crippen molar-refractivity contribution in [1.29, 1.82) is 0 Å². The van der Waals surface area contributed by atoms with E-state index in [1.54, 1.807) is 0 Å². The lowest BCUT2D eigenvalue weighted by Gasteiger charge is -2.22. The highest BCUT2D eigenvalue weighted by Gasteiger charge is 2.15. The first-order chi connectivity index (χ1) is 9.65. The van der Waals surface area contributed by atoms with Crippen LogP contribution in [0.25, 0.3) is 0 Å². The summed E-state index contributed by atoms with van der Waals surface area (Å²) in [7, 11) is 0. The fourth-order valence-corrected chi connectivity index (χ4v) is 2.61. The maximum Gasteiger partial charge on any atom is 0.328 e. The van der Waals surface area contributed by atoms with Crippen LogP contribution >= 0.6 is 0 Å². The van der Waals surface area contributed by atoms with Crippen LogP contribution in [0.5, 0.6) is 0 Å². The maximum absolute atomic E-state index is 11.4. The Labute approximate surface area is 118 Å². The number of hydrogen-bond acceptors (Lipinski definition) is 2. The van der Waals surface area contributed by atoms with E-state index in [9.17, 15) is 9.59 Å². The van der Waals surface area contributed by atoms with Crippen LogP contribution in [0.1, 0.15) is 43.6 Å². The number of carbonyl (C=O) groups excluding carboxylic acids is 1. The molecule has 1 fully saturated rings. The number of benzene rings is 1. The van der Waals surface area contributed by atoms with Crippen LogP contribution in [-0.4, -0.2) is 17.0 Å². The molecule has 1 saturated carbocycles. The summed E-state index contributed by atoms with van der Waals surface area (Å²) in [6, 6.07) is 7.84. The summed E-state index contributed by atoms with van der Waals surface area (Å²) in [6.45, 7) is 0. The molecule has 1 aliphatic carbocycles. The summed E-state index contributed by atoms with van der Waals surface area (Å²) < 4.78 is 0. The molecule has 106 valence electrons. The number of carboxylic acid groups (broad SMARTS) is 1. The molecule has 0 radical (unpaired) electrons. The normalized spacial score (nSPS) is 16.2. The minimum Gasteiger partial charge on any atom is -0.478 e. The Hall–Kier alpha value is -2.10. The minimum absolute atomic E-state index is 0.433. The highest BCUT2D eigenvalue weighted by atomic mass is 16.4. The van der Waals surface area contributed by atoms with Crippen molar-refractivity contribution in [2.75, 3.05) is 5.32 Å². The van der Waals surface area contributed by atoms with Crippen LogP contribution in [0.15, 0.2) is 36.4 Å². The van der Waals surface area contributed by atoms with Crippen molar-refractivity contribution >= 4 is 17.6 Å². The van der Waals surface area contributed by atoms with E-state index in [0.717, 1.165) is 12.2 Å². The van der Waals surface area contributed by atoms with E-state index in [2.05, 4.69) is 5.32 Å². The number of carbonyl (C=O) groups is 2. The standard InChI is InChI=1S/C16H19NO3/c18-15(10-11-16(19)20)17-14-8-6-13(7-9-14)12-4-2-1-3-5-12/h6-12H,1-5H2,(H,17,18)(H,19,20)/b11-10+. The fourth-order valence-electron chi connectivity index (χ4n) is 2.61. The monoisotopic (exact) mass is 273 g/mol. The first-order valence-electron chi connectivity index (χ1n) is 6.97. The van der Waals surface area contributed by atoms with Crippen LogP contribution < -0.4 is 5.32 Å². The molecule has 0 atom stereocenters. The molecule has 4 heteroatoms. The van der Waals surface area contributed by atoms with Crippen molar-refractivity contribution in [2.24, 2.45) is 0 Å². The zero-order valence-corrected chi connectivity index (χ0v) is 11.3. The van der Waals surface area contributed by atoms with Gasteiger partial charge in [-0.2, -0.15) is 0 Å². The second-order valence-corrected chi connectivity index (χ2v) is 5.12. The van der Waals surface area contributed by atoms with Gasteiger partial charge in [0.2, 0.25) is 5.91 Å². The summed E-state index contributed by atoms with van der Waals surface area (Å²) in [5.41, 5.74) is 2.01. The average Bonchev–Trinajstić information content (AvgIpc) is 2.47. The van der Waals surface area contributed by atoms with Gasteiger partial charge in [0.1, 0.15) is 0 Å². The SMILES string of the molecule is O=C(O)/C=C/C(=O)Nc1ccc(C2CCCCC2)cc1. The van der Waals surface area contributed by atoms with Gasteiger partial charge in [0, 0.05) is 17.8 Å². The highest BCUT2D eigenvalue weighted by molar-refractivity contribution is 6.02. The largest absolute Gasteiger partial charge is 0.478 e. The number of hydrogen-bond donors (Lipinski definition) is 2. The van der Waals surface area contributed by atoms with Crippen LogP contribution in [0.2, 0.25) is 0 Å².